The first kappa shape index (κ1) is 27.4. The summed E-state index contributed by atoms with van der Waals surface area (Å²) >= 11 is 9.86. The van der Waals surface area contributed by atoms with Gasteiger partial charge in [0, 0.05) is 18.0 Å². The van der Waals surface area contributed by atoms with Crippen molar-refractivity contribution in [3.05, 3.63) is 45.3 Å². The van der Waals surface area contributed by atoms with E-state index in [1.165, 1.54) is 15.4 Å². The standard InChI is InChI=1S/C22H20BrClF3N7O4/c1-3-37-16-11(10(2)30-20(35)14-18(28)32-34-6-4-5-29-19(14)34)9-12(24)13-15(16)33(31-17(13)23)7-8-38-21(36)22(25,26)27/h4-6,9-10H,3,7-8H2,1-2H3,(H2,28,32)(H,30,35). The van der Waals surface area contributed by atoms with Gasteiger partial charge in [-0.25, -0.2) is 14.3 Å². The van der Waals surface area contributed by atoms with Gasteiger partial charge in [-0.2, -0.15) is 18.3 Å². The van der Waals surface area contributed by atoms with E-state index in [-0.39, 0.29) is 41.0 Å². The maximum atomic E-state index is 13.2. The molecule has 3 heterocycles. The highest BCUT2D eigenvalue weighted by Gasteiger charge is 2.40. The molecule has 0 spiro atoms. The molecule has 4 aromatic rings. The van der Waals surface area contributed by atoms with Crippen LogP contribution in [0.2, 0.25) is 5.02 Å². The topological polar surface area (TPSA) is 139 Å². The van der Waals surface area contributed by atoms with Crippen LogP contribution in [0.1, 0.15) is 35.8 Å². The van der Waals surface area contributed by atoms with E-state index in [9.17, 15) is 22.8 Å². The smallest absolute Gasteiger partial charge is 0.490 e. The Morgan fingerprint density at radius 3 is 2.74 bits per heavy atom. The van der Waals surface area contributed by atoms with Crippen molar-refractivity contribution in [2.75, 3.05) is 18.9 Å². The number of rotatable bonds is 8. The van der Waals surface area contributed by atoms with E-state index in [4.69, 9.17) is 22.1 Å². The second-order valence-corrected chi connectivity index (χ2v) is 9.08. The van der Waals surface area contributed by atoms with E-state index < -0.39 is 30.7 Å². The summed E-state index contributed by atoms with van der Waals surface area (Å²) in [5, 5.41) is 11.9. The number of esters is 1. The number of ether oxygens (including phenoxy) is 2. The summed E-state index contributed by atoms with van der Waals surface area (Å²) in [6.45, 7) is 2.80. The first-order chi connectivity index (χ1) is 17.9. The van der Waals surface area contributed by atoms with Crippen LogP contribution >= 0.6 is 27.5 Å². The molecule has 1 amide bonds. The predicted molar refractivity (Wildman–Crippen MR) is 134 cm³/mol. The second kappa shape index (κ2) is 10.6. The molecule has 4 rings (SSSR count). The van der Waals surface area contributed by atoms with Gasteiger partial charge in [0.25, 0.3) is 5.91 Å². The van der Waals surface area contributed by atoms with Crippen molar-refractivity contribution < 1.29 is 32.2 Å². The van der Waals surface area contributed by atoms with Gasteiger partial charge in [0.2, 0.25) is 0 Å². The number of carbonyl (C=O) groups excluding carboxylic acids is 2. The number of fused-ring (bicyclic) bond motifs is 2. The van der Waals surface area contributed by atoms with Crippen LogP contribution in [-0.2, 0) is 16.1 Å². The summed E-state index contributed by atoms with van der Waals surface area (Å²) in [4.78, 5) is 28.4. The third-order valence-corrected chi connectivity index (χ3v) is 6.28. The number of alkyl halides is 3. The van der Waals surface area contributed by atoms with Crippen molar-refractivity contribution in [1.82, 2.24) is 29.7 Å². The average Bonchev–Trinajstić information content (AvgIpc) is 3.36. The van der Waals surface area contributed by atoms with Gasteiger partial charge in [0.1, 0.15) is 22.3 Å². The molecule has 16 heteroatoms. The van der Waals surface area contributed by atoms with E-state index in [2.05, 4.69) is 41.2 Å². The lowest BCUT2D eigenvalue weighted by Gasteiger charge is -2.20. The molecular formula is C22H20BrClF3N7O4. The molecule has 0 radical (unpaired) electrons. The Kier molecular flexibility index (Phi) is 7.69. The molecule has 0 aliphatic heterocycles. The van der Waals surface area contributed by atoms with Crippen LogP contribution in [0.15, 0.2) is 29.1 Å². The van der Waals surface area contributed by atoms with Gasteiger partial charge in [-0.3, -0.25) is 9.48 Å². The van der Waals surface area contributed by atoms with Crippen molar-refractivity contribution in [2.24, 2.45) is 0 Å². The van der Waals surface area contributed by atoms with Crippen LogP contribution in [0.4, 0.5) is 19.0 Å². The number of hydrogen-bond acceptors (Lipinski definition) is 8. The molecule has 0 fully saturated rings. The third-order valence-electron chi connectivity index (χ3n) is 5.43. The number of amides is 1. The fourth-order valence-electron chi connectivity index (χ4n) is 3.84. The summed E-state index contributed by atoms with van der Waals surface area (Å²) in [7, 11) is 0. The highest BCUT2D eigenvalue weighted by molar-refractivity contribution is 9.10. The summed E-state index contributed by atoms with van der Waals surface area (Å²) in [6.07, 6.45) is -2.01. The molecule has 0 aliphatic carbocycles. The zero-order chi connectivity index (χ0) is 27.8. The molecule has 0 aliphatic rings. The highest BCUT2D eigenvalue weighted by atomic mass is 79.9. The molecule has 1 unspecified atom stereocenters. The number of aromatic nitrogens is 5. The number of carbonyl (C=O) groups is 2. The molecule has 202 valence electrons. The summed E-state index contributed by atoms with van der Waals surface area (Å²) in [5.41, 5.74) is 7.11. The predicted octanol–water partition coefficient (Wildman–Crippen LogP) is 4.07. The van der Waals surface area contributed by atoms with E-state index in [0.29, 0.717) is 21.1 Å². The van der Waals surface area contributed by atoms with Crippen molar-refractivity contribution in [3.8, 4) is 5.75 Å². The second-order valence-electron chi connectivity index (χ2n) is 7.92. The van der Waals surface area contributed by atoms with E-state index in [0.717, 1.165) is 0 Å². The van der Waals surface area contributed by atoms with Gasteiger partial charge in [-0.15, -0.1) is 5.10 Å². The minimum Gasteiger partial charge on any atom is -0.491 e. The lowest BCUT2D eigenvalue weighted by Crippen LogP contribution is -2.28. The van der Waals surface area contributed by atoms with Crippen LogP contribution in [0.25, 0.3) is 16.6 Å². The molecule has 0 saturated heterocycles. The molecule has 11 nitrogen and oxygen atoms in total. The summed E-state index contributed by atoms with van der Waals surface area (Å²) in [5.74, 6) is -2.58. The van der Waals surface area contributed by atoms with Crippen LogP contribution in [0, 0.1) is 0 Å². The van der Waals surface area contributed by atoms with Crippen molar-refractivity contribution in [1.29, 1.82) is 0 Å². The minimum atomic E-state index is -5.12. The number of halogens is 5. The first-order valence-electron chi connectivity index (χ1n) is 11.1. The SMILES string of the molecule is CCOc1c(C(C)NC(=O)c2c(N)nn3cccnc23)cc(Cl)c2c(Br)nn(CCOC(=O)C(F)(F)F)c12. The van der Waals surface area contributed by atoms with Gasteiger partial charge in [0.15, 0.2) is 17.2 Å². The number of hydrogen-bond donors (Lipinski definition) is 2. The van der Waals surface area contributed by atoms with Crippen LogP contribution in [-0.4, -0.2) is 55.6 Å². The molecule has 0 saturated carbocycles. The molecule has 0 bridgehead atoms. The van der Waals surface area contributed by atoms with Crippen molar-refractivity contribution in [3.63, 3.8) is 0 Å². The normalized spacial score (nSPS) is 12.6. The highest BCUT2D eigenvalue weighted by Crippen LogP contribution is 2.41. The monoisotopic (exact) mass is 617 g/mol. The Bertz CT molecular complexity index is 1540. The van der Waals surface area contributed by atoms with E-state index in [1.54, 1.807) is 32.2 Å². The molecule has 1 aromatic carbocycles. The van der Waals surface area contributed by atoms with Gasteiger partial charge < -0.3 is 20.5 Å². The third kappa shape index (κ3) is 5.20. The van der Waals surface area contributed by atoms with Crippen molar-refractivity contribution in [2.45, 2.75) is 32.6 Å². The number of nitrogens with two attached hydrogens (primary N) is 1. The average molecular weight is 619 g/mol. The molecule has 3 aromatic heterocycles. The summed E-state index contributed by atoms with van der Waals surface area (Å²) < 4.78 is 50.8. The zero-order valence-electron chi connectivity index (χ0n) is 19.8. The quantitative estimate of drug-likeness (QED) is 0.282. The van der Waals surface area contributed by atoms with Gasteiger partial charge in [-0.05, 0) is 41.9 Å². The molecular weight excluding hydrogens is 599 g/mol. The molecule has 38 heavy (non-hydrogen) atoms. The first-order valence-corrected chi connectivity index (χ1v) is 12.3. The van der Waals surface area contributed by atoms with Crippen LogP contribution < -0.4 is 15.8 Å². The summed E-state index contributed by atoms with van der Waals surface area (Å²) in [6, 6.07) is 2.55. The number of nitrogens with one attached hydrogen (secondary N) is 1. The number of benzene rings is 1. The lowest BCUT2D eigenvalue weighted by molar-refractivity contribution is -0.199. The maximum absolute atomic E-state index is 13.2. The molecule has 3 N–H and O–H groups in total. The number of nitrogens with zero attached hydrogens (tertiary/aromatic N) is 5. The minimum absolute atomic E-state index is 0.0117. The Morgan fingerprint density at radius 1 is 1.32 bits per heavy atom. The van der Waals surface area contributed by atoms with Gasteiger partial charge in [0.05, 0.1) is 29.6 Å². The maximum Gasteiger partial charge on any atom is 0.490 e. The van der Waals surface area contributed by atoms with Gasteiger partial charge in [-0.1, -0.05) is 11.6 Å². The number of nitrogen functional groups attached to an aromatic ring is 1. The van der Waals surface area contributed by atoms with Gasteiger partial charge >= 0.3 is 12.1 Å². The Morgan fingerprint density at radius 2 is 2.05 bits per heavy atom. The van der Waals surface area contributed by atoms with E-state index >= 15 is 0 Å². The van der Waals surface area contributed by atoms with Crippen molar-refractivity contribution >= 4 is 61.8 Å². The Hall–Kier alpha value is -3.59. The fraction of sp³-hybridized carbons (Fsp3) is 0.318. The Labute approximate surface area is 226 Å². The lowest BCUT2D eigenvalue weighted by atomic mass is 10.0. The zero-order valence-corrected chi connectivity index (χ0v) is 22.2. The van der Waals surface area contributed by atoms with Crippen LogP contribution in [0.5, 0.6) is 5.75 Å². The Balaban J connectivity index is 1.70. The fourth-order valence-corrected chi connectivity index (χ4v) is 4.84. The molecule has 1 atom stereocenters. The van der Waals surface area contributed by atoms with Crippen LogP contribution in [0.3, 0.4) is 0 Å². The number of anilines is 1. The van der Waals surface area contributed by atoms with E-state index in [1.807, 2.05) is 0 Å². The largest absolute Gasteiger partial charge is 0.491 e.